The largest absolute Gasteiger partial charge is 0.465 e. The molecular formula is C21H22N2O3S. The molecule has 0 N–H and O–H groups in total. The van der Waals surface area contributed by atoms with E-state index >= 15 is 0 Å². The molecular weight excluding hydrogens is 360 g/mol. The third kappa shape index (κ3) is 4.37. The molecule has 1 aromatic carbocycles. The fourth-order valence-electron chi connectivity index (χ4n) is 3.37. The van der Waals surface area contributed by atoms with Gasteiger partial charge in [-0.2, -0.15) is 5.26 Å². The van der Waals surface area contributed by atoms with E-state index < -0.39 is 5.92 Å². The van der Waals surface area contributed by atoms with Gasteiger partial charge in [0, 0.05) is 23.4 Å². The second-order valence-corrected chi connectivity index (χ2v) is 7.61. The zero-order valence-electron chi connectivity index (χ0n) is 15.3. The van der Waals surface area contributed by atoms with Crippen molar-refractivity contribution in [2.75, 3.05) is 11.5 Å². The highest BCUT2D eigenvalue weighted by Crippen LogP contribution is 2.42. The minimum atomic E-state index is -0.412. The maximum Gasteiger partial charge on any atom is 0.311 e. The van der Waals surface area contributed by atoms with E-state index in [4.69, 9.17) is 10.00 Å². The monoisotopic (exact) mass is 382 g/mol. The number of carbonyl (C=O) groups is 2. The van der Waals surface area contributed by atoms with E-state index in [9.17, 15) is 9.59 Å². The lowest BCUT2D eigenvalue weighted by molar-refractivity contribution is -0.150. The molecule has 1 amide bonds. The number of unbranched alkanes of at least 4 members (excludes halogenated alkanes) is 1. The molecule has 1 aliphatic rings. The Labute approximate surface area is 163 Å². The maximum atomic E-state index is 12.8. The zero-order valence-corrected chi connectivity index (χ0v) is 16.1. The number of benzene rings is 1. The van der Waals surface area contributed by atoms with E-state index in [2.05, 4.69) is 0 Å². The number of piperidine rings is 1. The number of nitriles is 1. The number of hydrogen-bond donors (Lipinski definition) is 0. The highest BCUT2D eigenvalue weighted by Gasteiger charge is 2.42. The van der Waals surface area contributed by atoms with Gasteiger partial charge >= 0.3 is 5.97 Å². The highest BCUT2D eigenvalue weighted by molar-refractivity contribution is 7.10. The molecule has 0 spiro atoms. The van der Waals surface area contributed by atoms with Gasteiger partial charge in [0.2, 0.25) is 5.91 Å². The molecule has 27 heavy (non-hydrogen) atoms. The van der Waals surface area contributed by atoms with Gasteiger partial charge in [-0.25, -0.2) is 0 Å². The van der Waals surface area contributed by atoms with Crippen LogP contribution < -0.4 is 4.90 Å². The quantitative estimate of drug-likeness (QED) is 0.549. The summed E-state index contributed by atoms with van der Waals surface area (Å²) in [6.45, 7) is 2.23. The Morgan fingerprint density at radius 3 is 2.78 bits per heavy atom. The van der Waals surface area contributed by atoms with E-state index in [1.165, 1.54) is 0 Å². The van der Waals surface area contributed by atoms with Crippen LogP contribution in [0.5, 0.6) is 0 Å². The fourth-order valence-corrected chi connectivity index (χ4v) is 4.25. The van der Waals surface area contributed by atoms with Crippen LogP contribution in [0.15, 0.2) is 41.8 Å². The number of aryl methyl sites for hydroxylation is 1. The summed E-state index contributed by atoms with van der Waals surface area (Å²) >= 11 is 1.54. The van der Waals surface area contributed by atoms with Crippen molar-refractivity contribution in [2.45, 2.75) is 38.6 Å². The Morgan fingerprint density at radius 2 is 2.11 bits per heavy atom. The number of carbonyl (C=O) groups excluding carboxylic acids is 2. The summed E-state index contributed by atoms with van der Waals surface area (Å²) in [5.74, 6) is -0.688. The van der Waals surface area contributed by atoms with Crippen molar-refractivity contribution in [2.24, 2.45) is 5.92 Å². The Balaban J connectivity index is 1.89. The summed E-state index contributed by atoms with van der Waals surface area (Å²) in [4.78, 5) is 28.3. The van der Waals surface area contributed by atoms with Gasteiger partial charge in [-0.1, -0.05) is 23.8 Å². The SMILES string of the molecule is Cc1ccc(N2C(=O)CCC(C(=O)OCCCC#N)C2c2cccs2)cc1. The molecule has 1 aromatic heterocycles. The summed E-state index contributed by atoms with van der Waals surface area (Å²) < 4.78 is 5.43. The minimum Gasteiger partial charge on any atom is -0.465 e. The molecule has 0 saturated carbocycles. The van der Waals surface area contributed by atoms with Crippen LogP contribution in [0.4, 0.5) is 5.69 Å². The first-order valence-electron chi connectivity index (χ1n) is 9.07. The zero-order chi connectivity index (χ0) is 19.2. The van der Waals surface area contributed by atoms with E-state index in [0.29, 0.717) is 25.7 Å². The molecule has 2 unspecified atom stereocenters. The van der Waals surface area contributed by atoms with Crippen molar-refractivity contribution < 1.29 is 14.3 Å². The molecule has 5 nitrogen and oxygen atoms in total. The number of hydrogen-bond acceptors (Lipinski definition) is 5. The lowest BCUT2D eigenvalue weighted by Crippen LogP contribution is -2.45. The van der Waals surface area contributed by atoms with Gasteiger partial charge in [-0.05, 0) is 43.3 Å². The molecule has 2 aromatic rings. The predicted molar refractivity (Wildman–Crippen MR) is 104 cm³/mol. The molecule has 3 rings (SSSR count). The Kier molecular flexibility index (Phi) is 6.25. The molecule has 0 bridgehead atoms. The van der Waals surface area contributed by atoms with Crippen molar-refractivity contribution >= 4 is 28.9 Å². The van der Waals surface area contributed by atoms with Gasteiger partial charge in [0.15, 0.2) is 0 Å². The normalized spacial score (nSPS) is 19.6. The van der Waals surface area contributed by atoms with Gasteiger partial charge in [0.25, 0.3) is 0 Å². The number of rotatable bonds is 6. The van der Waals surface area contributed by atoms with Crippen molar-refractivity contribution in [3.63, 3.8) is 0 Å². The highest BCUT2D eigenvalue weighted by atomic mass is 32.1. The van der Waals surface area contributed by atoms with E-state index in [-0.39, 0.29) is 24.5 Å². The molecule has 140 valence electrons. The van der Waals surface area contributed by atoms with Crippen molar-refractivity contribution in [3.8, 4) is 6.07 Å². The molecule has 2 atom stereocenters. The summed E-state index contributed by atoms with van der Waals surface area (Å²) in [6, 6.07) is 13.4. The Hall–Kier alpha value is -2.65. The lowest BCUT2D eigenvalue weighted by atomic mass is 9.87. The number of esters is 1. The van der Waals surface area contributed by atoms with Crippen LogP contribution in [-0.2, 0) is 14.3 Å². The van der Waals surface area contributed by atoms with Crippen LogP contribution in [-0.4, -0.2) is 18.5 Å². The molecule has 6 heteroatoms. The third-order valence-electron chi connectivity index (χ3n) is 4.72. The van der Waals surface area contributed by atoms with Crippen LogP contribution in [0.1, 0.15) is 42.2 Å². The number of nitrogens with zero attached hydrogens (tertiary/aromatic N) is 2. The van der Waals surface area contributed by atoms with Crippen molar-refractivity contribution in [3.05, 3.63) is 52.2 Å². The van der Waals surface area contributed by atoms with Crippen molar-refractivity contribution in [1.29, 1.82) is 5.26 Å². The molecule has 2 heterocycles. The first kappa shape index (κ1) is 19.1. The number of anilines is 1. The topological polar surface area (TPSA) is 70.4 Å². The number of amides is 1. The van der Waals surface area contributed by atoms with Crippen LogP contribution in [0.3, 0.4) is 0 Å². The molecule has 0 radical (unpaired) electrons. The summed E-state index contributed by atoms with van der Waals surface area (Å²) in [5.41, 5.74) is 1.91. The third-order valence-corrected chi connectivity index (χ3v) is 5.67. The smallest absolute Gasteiger partial charge is 0.311 e. The predicted octanol–water partition coefficient (Wildman–Crippen LogP) is 4.39. The molecule has 1 aliphatic heterocycles. The number of thiophene rings is 1. The summed E-state index contributed by atoms with van der Waals surface area (Å²) in [6.07, 6.45) is 1.67. The van der Waals surface area contributed by atoms with Crippen LogP contribution in [0.25, 0.3) is 0 Å². The summed E-state index contributed by atoms with van der Waals surface area (Å²) in [5, 5.41) is 10.6. The van der Waals surface area contributed by atoms with Gasteiger partial charge in [-0.15, -0.1) is 11.3 Å². The maximum absolute atomic E-state index is 12.8. The van der Waals surface area contributed by atoms with E-state index in [1.807, 2.05) is 54.8 Å². The average molecular weight is 382 g/mol. The second-order valence-electron chi connectivity index (χ2n) is 6.63. The second kappa shape index (κ2) is 8.83. The van der Waals surface area contributed by atoms with Crippen LogP contribution in [0, 0.1) is 24.2 Å². The molecule has 0 aliphatic carbocycles. The Bertz CT molecular complexity index is 824. The van der Waals surface area contributed by atoms with Crippen LogP contribution in [0.2, 0.25) is 0 Å². The standard InChI is InChI=1S/C21H22N2O3S/c1-15-6-8-16(9-7-15)23-19(24)11-10-17(20(23)18-5-4-14-27-18)21(25)26-13-3-2-12-22/h4-9,14,17,20H,2-3,10-11,13H2,1H3. The van der Waals surface area contributed by atoms with Crippen LogP contribution >= 0.6 is 11.3 Å². The molecule has 1 saturated heterocycles. The first-order chi connectivity index (χ1) is 13.1. The van der Waals surface area contributed by atoms with Gasteiger partial charge in [0.05, 0.1) is 24.6 Å². The number of ether oxygens (including phenoxy) is 1. The molecule has 1 fully saturated rings. The van der Waals surface area contributed by atoms with E-state index in [0.717, 1.165) is 16.1 Å². The van der Waals surface area contributed by atoms with Crippen molar-refractivity contribution in [1.82, 2.24) is 0 Å². The van der Waals surface area contributed by atoms with Gasteiger partial charge < -0.3 is 9.64 Å². The summed E-state index contributed by atoms with van der Waals surface area (Å²) in [7, 11) is 0. The van der Waals surface area contributed by atoms with Gasteiger partial charge in [0.1, 0.15) is 0 Å². The first-order valence-corrected chi connectivity index (χ1v) is 9.95. The van der Waals surface area contributed by atoms with Gasteiger partial charge in [-0.3, -0.25) is 9.59 Å². The lowest BCUT2D eigenvalue weighted by Gasteiger charge is -2.39. The average Bonchev–Trinajstić information content (AvgIpc) is 3.20. The van der Waals surface area contributed by atoms with E-state index in [1.54, 1.807) is 16.2 Å². The Morgan fingerprint density at radius 1 is 1.33 bits per heavy atom. The minimum absolute atomic E-state index is 0.0192. The fraction of sp³-hybridized carbons (Fsp3) is 0.381.